The van der Waals surface area contributed by atoms with Gasteiger partial charge in [0.2, 0.25) is 5.91 Å². The van der Waals surface area contributed by atoms with E-state index in [9.17, 15) is 4.79 Å². The first-order valence-corrected chi connectivity index (χ1v) is 12.4. The molecule has 5 rings (SSSR count). The average molecular weight is 517 g/mol. The number of anilines is 2. The Balaban J connectivity index is 1.59. The summed E-state index contributed by atoms with van der Waals surface area (Å²) in [6, 6.07) is 20.8. The van der Waals surface area contributed by atoms with Gasteiger partial charge in [0.1, 0.15) is 11.9 Å². The molecule has 9 heteroatoms. The van der Waals surface area contributed by atoms with Gasteiger partial charge in [-0.15, -0.1) is 0 Å². The van der Waals surface area contributed by atoms with Crippen LogP contribution in [0.25, 0.3) is 5.82 Å². The third-order valence-electron chi connectivity index (χ3n) is 6.09. The van der Waals surface area contributed by atoms with Crippen molar-refractivity contribution in [3.8, 4) is 5.82 Å². The monoisotopic (exact) mass is 516 g/mol. The molecule has 2 atom stereocenters. The molecule has 0 saturated carbocycles. The van der Waals surface area contributed by atoms with E-state index in [1.54, 1.807) is 12.4 Å². The molecule has 4 heterocycles. The minimum atomic E-state index is -0.239. The second-order valence-electron chi connectivity index (χ2n) is 8.80. The fourth-order valence-electron chi connectivity index (χ4n) is 4.31. The molecule has 182 valence electrons. The van der Waals surface area contributed by atoms with E-state index in [1.807, 2.05) is 85.6 Å². The van der Waals surface area contributed by atoms with Gasteiger partial charge in [-0.05, 0) is 66.8 Å². The lowest BCUT2D eigenvalue weighted by molar-refractivity contribution is -0.118. The summed E-state index contributed by atoms with van der Waals surface area (Å²) in [5, 5.41) is 7.34. The van der Waals surface area contributed by atoms with Crippen LogP contribution >= 0.6 is 23.8 Å². The second-order valence-corrected chi connectivity index (χ2v) is 9.59. The quantitative estimate of drug-likeness (QED) is 0.320. The Bertz CT molecular complexity index is 1390. The van der Waals surface area contributed by atoms with Crippen LogP contribution in [0.5, 0.6) is 0 Å². The smallest absolute Gasteiger partial charge is 0.226 e. The summed E-state index contributed by atoms with van der Waals surface area (Å²) in [5.74, 6) is 0.558. The molecule has 1 aliphatic rings. The number of amides is 1. The van der Waals surface area contributed by atoms with Crippen molar-refractivity contribution in [3.05, 3.63) is 102 Å². The minimum Gasteiger partial charge on any atom is -0.351 e. The predicted octanol–water partition coefficient (Wildman–Crippen LogP) is 5.69. The summed E-state index contributed by atoms with van der Waals surface area (Å²) in [6.45, 7) is 3.68. The molecule has 7 nitrogen and oxygen atoms in total. The number of aromatic nitrogens is 3. The SMILES string of the molecule is CC(C)C(=O)Nc1ccc(N2C(=S)N[C@@H](c3ccccn3)[C@@H]2c2cccn2-c2ccccn2)cc1Cl. The number of hydrogen-bond donors (Lipinski definition) is 2. The number of pyridine rings is 2. The van der Waals surface area contributed by atoms with Crippen molar-refractivity contribution in [3.63, 3.8) is 0 Å². The highest BCUT2D eigenvalue weighted by atomic mass is 35.5. The Kier molecular flexibility index (Phi) is 6.71. The average Bonchev–Trinajstić information content (AvgIpc) is 3.50. The highest BCUT2D eigenvalue weighted by Gasteiger charge is 2.42. The molecular weight excluding hydrogens is 492 g/mol. The van der Waals surface area contributed by atoms with E-state index in [0.717, 1.165) is 22.9 Å². The summed E-state index contributed by atoms with van der Waals surface area (Å²) >= 11 is 12.5. The first-order chi connectivity index (χ1) is 17.4. The number of halogens is 1. The molecule has 1 amide bonds. The van der Waals surface area contributed by atoms with Gasteiger partial charge >= 0.3 is 0 Å². The molecule has 2 N–H and O–H groups in total. The van der Waals surface area contributed by atoms with Crippen LogP contribution in [0.1, 0.15) is 37.3 Å². The van der Waals surface area contributed by atoms with E-state index in [0.29, 0.717) is 15.8 Å². The molecule has 3 aromatic heterocycles. The number of nitrogens with one attached hydrogen (secondary N) is 2. The van der Waals surface area contributed by atoms with E-state index < -0.39 is 0 Å². The zero-order valence-electron chi connectivity index (χ0n) is 19.8. The lowest BCUT2D eigenvalue weighted by Gasteiger charge is -2.29. The first kappa shape index (κ1) is 24.0. The first-order valence-electron chi connectivity index (χ1n) is 11.6. The highest BCUT2D eigenvalue weighted by Crippen LogP contribution is 2.43. The van der Waals surface area contributed by atoms with Gasteiger partial charge in [-0.3, -0.25) is 9.78 Å². The van der Waals surface area contributed by atoms with Crippen LogP contribution in [0.15, 0.2) is 85.3 Å². The molecule has 0 unspecified atom stereocenters. The van der Waals surface area contributed by atoms with Crippen molar-refractivity contribution in [2.24, 2.45) is 5.92 Å². The largest absolute Gasteiger partial charge is 0.351 e. The lowest BCUT2D eigenvalue weighted by Crippen LogP contribution is -2.30. The van der Waals surface area contributed by atoms with Crippen LogP contribution in [-0.4, -0.2) is 25.6 Å². The fraction of sp³-hybridized carbons (Fsp3) is 0.185. The molecule has 1 aliphatic heterocycles. The van der Waals surface area contributed by atoms with Crippen LogP contribution in [0.2, 0.25) is 5.02 Å². The van der Waals surface area contributed by atoms with Gasteiger partial charge in [-0.1, -0.05) is 37.6 Å². The molecule has 1 aromatic carbocycles. The van der Waals surface area contributed by atoms with Gasteiger partial charge in [0.15, 0.2) is 5.11 Å². The maximum Gasteiger partial charge on any atom is 0.226 e. The van der Waals surface area contributed by atoms with Crippen LogP contribution in [0, 0.1) is 5.92 Å². The Morgan fingerprint density at radius 2 is 1.83 bits per heavy atom. The number of rotatable bonds is 6. The molecule has 0 aliphatic carbocycles. The zero-order chi connectivity index (χ0) is 25.2. The number of nitrogens with zero attached hydrogens (tertiary/aromatic N) is 4. The van der Waals surface area contributed by atoms with Gasteiger partial charge in [-0.25, -0.2) is 4.98 Å². The van der Waals surface area contributed by atoms with Crippen molar-refractivity contribution >= 4 is 46.2 Å². The molecule has 0 spiro atoms. The van der Waals surface area contributed by atoms with Crippen molar-refractivity contribution in [2.45, 2.75) is 25.9 Å². The van der Waals surface area contributed by atoms with Crippen LogP contribution < -0.4 is 15.5 Å². The molecule has 0 radical (unpaired) electrons. The van der Waals surface area contributed by atoms with Gasteiger partial charge in [-0.2, -0.15) is 0 Å². The molecule has 0 bridgehead atoms. The van der Waals surface area contributed by atoms with E-state index in [1.165, 1.54) is 0 Å². The minimum absolute atomic E-state index is 0.0932. The number of thiocarbonyl (C=S) groups is 1. The van der Waals surface area contributed by atoms with E-state index in [4.69, 9.17) is 23.8 Å². The summed E-state index contributed by atoms with van der Waals surface area (Å²) < 4.78 is 2.06. The zero-order valence-corrected chi connectivity index (χ0v) is 21.4. The van der Waals surface area contributed by atoms with Crippen LogP contribution in [-0.2, 0) is 4.79 Å². The Morgan fingerprint density at radius 1 is 1.06 bits per heavy atom. The molecule has 1 saturated heterocycles. The van der Waals surface area contributed by atoms with Gasteiger partial charge in [0.05, 0.1) is 22.4 Å². The van der Waals surface area contributed by atoms with Crippen molar-refractivity contribution in [1.29, 1.82) is 0 Å². The fourth-order valence-corrected chi connectivity index (χ4v) is 4.87. The van der Waals surface area contributed by atoms with Gasteiger partial charge < -0.3 is 20.1 Å². The van der Waals surface area contributed by atoms with E-state index >= 15 is 0 Å². The van der Waals surface area contributed by atoms with Gasteiger partial charge in [0.25, 0.3) is 0 Å². The normalized spacial score (nSPS) is 17.3. The molecule has 4 aromatic rings. The predicted molar refractivity (Wildman–Crippen MR) is 146 cm³/mol. The molecule has 1 fully saturated rings. The van der Waals surface area contributed by atoms with E-state index in [-0.39, 0.29) is 23.9 Å². The number of hydrogen-bond acceptors (Lipinski definition) is 4. The van der Waals surface area contributed by atoms with Crippen LogP contribution in [0.3, 0.4) is 0 Å². The van der Waals surface area contributed by atoms with Crippen molar-refractivity contribution in [2.75, 3.05) is 10.2 Å². The van der Waals surface area contributed by atoms with Gasteiger partial charge in [0, 0.05) is 35.9 Å². The molecule has 36 heavy (non-hydrogen) atoms. The Labute approximate surface area is 220 Å². The topological polar surface area (TPSA) is 75.1 Å². The number of benzene rings is 1. The summed E-state index contributed by atoms with van der Waals surface area (Å²) in [7, 11) is 0. The Hall–Kier alpha value is -3.75. The van der Waals surface area contributed by atoms with Crippen molar-refractivity contribution < 1.29 is 4.79 Å². The Morgan fingerprint density at radius 3 is 2.50 bits per heavy atom. The lowest BCUT2D eigenvalue weighted by atomic mass is 10.0. The second kappa shape index (κ2) is 10.1. The van der Waals surface area contributed by atoms with Crippen molar-refractivity contribution in [1.82, 2.24) is 19.9 Å². The highest BCUT2D eigenvalue weighted by molar-refractivity contribution is 7.80. The maximum atomic E-state index is 12.2. The molecular formula is C27H25ClN6OS. The third-order valence-corrected chi connectivity index (χ3v) is 6.72. The summed E-state index contributed by atoms with van der Waals surface area (Å²) in [6.07, 6.45) is 5.54. The third kappa shape index (κ3) is 4.57. The summed E-state index contributed by atoms with van der Waals surface area (Å²) in [4.78, 5) is 23.4. The maximum absolute atomic E-state index is 12.2. The van der Waals surface area contributed by atoms with E-state index in [2.05, 4.69) is 31.2 Å². The summed E-state index contributed by atoms with van der Waals surface area (Å²) in [5.41, 5.74) is 3.22. The number of carbonyl (C=O) groups excluding carboxylic acids is 1. The number of carbonyl (C=O) groups is 1. The van der Waals surface area contributed by atoms with Crippen LogP contribution in [0.4, 0.5) is 11.4 Å². The standard InChI is InChI=1S/C27H25ClN6OS/c1-17(2)26(35)31-20-12-11-18(16-19(20)28)34-25(24(32-27(34)36)21-8-3-5-13-29-21)22-9-7-15-33(22)23-10-4-6-14-30-23/h3-17,24-25H,1-2H3,(H,31,35)(H,32,36)/t24-,25-/m0/s1.